The SMILES string of the molecule is O=C(NCCOc1ccc2ccccc2c1)c1cc(F)ccc1Br. The fraction of sp³-hybridized carbons (Fsp3) is 0.105. The summed E-state index contributed by atoms with van der Waals surface area (Å²) in [7, 11) is 0. The molecule has 0 saturated heterocycles. The van der Waals surface area contributed by atoms with Crippen molar-refractivity contribution in [2.75, 3.05) is 13.2 Å². The number of ether oxygens (including phenoxy) is 1. The number of carbonyl (C=O) groups excluding carboxylic acids is 1. The predicted molar refractivity (Wildman–Crippen MR) is 95.9 cm³/mol. The summed E-state index contributed by atoms with van der Waals surface area (Å²) >= 11 is 3.24. The Balaban J connectivity index is 1.54. The van der Waals surface area contributed by atoms with Gasteiger partial charge in [-0.2, -0.15) is 0 Å². The summed E-state index contributed by atoms with van der Waals surface area (Å²) in [4.78, 5) is 12.0. The lowest BCUT2D eigenvalue weighted by Crippen LogP contribution is -2.28. The fourth-order valence-electron chi connectivity index (χ4n) is 2.36. The van der Waals surface area contributed by atoms with E-state index < -0.39 is 5.82 Å². The van der Waals surface area contributed by atoms with Crippen LogP contribution in [0, 0.1) is 5.82 Å². The van der Waals surface area contributed by atoms with Gasteiger partial charge in [-0.15, -0.1) is 0 Å². The first-order valence-corrected chi connectivity index (χ1v) is 8.27. The highest BCUT2D eigenvalue weighted by Crippen LogP contribution is 2.20. The normalized spacial score (nSPS) is 10.6. The average molecular weight is 388 g/mol. The molecule has 1 N–H and O–H groups in total. The van der Waals surface area contributed by atoms with Gasteiger partial charge in [0.25, 0.3) is 5.91 Å². The van der Waals surface area contributed by atoms with Crippen LogP contribution in [0.1, 0.15) is 10.4 Å². The number of halogens is 2. The highest BCUT2D eigenvalue weighted by molar-refractivity contribution is 9.10. The molecular weight excluding hydrogens is 373 g/mol. The van der Waals surface area contributed by atoms with Gasteiger partial charge in [-0.25, -0.2) is 4.39 Å². The van der Waals surface area contributed by atoms with Gasteiger partial charge >= 0.3 is 0 Å². The number of amides is 1. The van der Waals surface area contributed by atoms with Crippen LogP contribution in [0.4, 0.5) is 4.39 Å². The zero-order chi connectivity index (χ0) is 16.9. The molecule has 0 saturated carbocycles. The molecule has 0 atom stereocenters. The van der Waals surface area contributed by atoms with E-state index in [2.05, 4.69) is 21.2 Å². The Morgan fingerprint density at radius 2 is 1.83 bits per heavy atom. The molecule has 0 bridgehead atoms. The van der Waals surface area contributed by atoms with Crippen molar-refractivity contribution >= 4 is 32.6 Å². The third-order valence-corrected chi connectivity index (χ3v) is 4.24. The first-order chi connectivity index (χ1) is 11.6. The van der Waals surface area contributed by atoms with Crippen LogP contribution in [0.25, 0.3) is 10.8 Å². The second kappa shape index (κ2) is 7.45. The van der Waals surface area contributed by atoms with Crippen LogP contribution in [0.15, 0.2) is 65.1 Å². The third kappa shape index (κ3) is 3.92. The van der Waals surface area contributed by atoms with E-state index in [1.54, 1.807) is 0 Å². The minimum Gasteiger partial charge on any atom is -0.492 e. The minimum absolute atomic E-state index is 0.265. The number of rotatable bonds is 5. The molecule has 0 aliphatic heterocycles. The number of fused-ring (bicyclic) bond motifs is 1. The first-order valence-electron chi connectivity index (χ1n) is 7.48. The third-order valence-electron chi connectivity index (χ3n) is 3.55. The summed E-state index contributed by atoms with van der Waals surface area (Å²) in [6.07, 6.45) is 0. The molecule has 0 aromatic heterocycles. The number of benzene rings is 3. The lowest BCUT2D eigenvalue weighted by atomic mass is 10.1. The molecule has 0 aliphatic rings. The van der Waals surface area contributed by atoms with Gasteiger partial charge in [0.2, 0.25) is 0 Å². The van der Waals surface area contributed by atoms with Gasteiger partial charge in [0.1, 0.15) is 18.2 Å². The Morgan fingerprint density at radius 1 is 1.04 bits per heavy atom. The van der Waals surface area contributed by atoms with Crippen molar-refractivity contribution in [3.63, 3.8) is 0 Å². The van der Waals surface area contributed by atoms with E-state index in [1.807, 2.05) is 42.5 Å². The van der Waals surface area contributed by atoms with E-state index in [9.17, 15) is 9.18 Å². The highest BCUT2D eigenvalue weighted by atomic mass is 79.9. The molecule has 5 heteroatoms. The van der Waals surface area contributed by atoms with Gasteiger partial charge in [-0.1, -0.05) is 30.3 Å². The Hall–Kier alpha value is -2.40. The minimum atomic E-state index is -0.448. The molecule has 3 rings (SSSR count). The van der Waals surface area contributed by atoms with Crippen LogP contribution in [-0.2, 0) is 0 Å². The molecule has 0 spiro atoms. The van der Waals surface area contributed by atoms with Gasteiger partial charge in [0, 0.05) is 4.47 Å². The fourth-order valence-corrected chi connectivity index (χ4v) is 2.78. The van der Waals surface area contributed by atoms with Crippen LogP contribution in [0.5, 0.6) is 5.75 Å². The maximum atomic E-state index is 13.2. The molecule has 0 aliphatic carbocycles. The van der Waals surface area contributed by atoms with Gasteiger partial charge in [0.15, 0.2) is 0 Å². The lowest BCUT2D eigenvalue weighted by Gasteiger charge is -2.09. The molecule has 24 heavy (non-hydrogen) atoms. The van der Waals surface area contributed by atoms with Crippen LogP contribution < -0.4 is 10.1 Å². The van der Waals surface area contributed by atoms with Crippen LogP contribution in [0.2, 0.25) is 0 Å². The number of hydrogen-bond acceptors (Lipinski definition) is 2. The van der Waals surface area contributed by atoms with Crippen molar-refractivity contribution in [1.82, 2.24) is 5.32 Å². The van der Waals surface area contributed by atoms with Crippen molar-refractivity contribution < 1.29 is 13.9 Å². The van der Waals surface area contributed by atoms with E-state index in [1.165, 1.54) is 18.2 Å². The Kier molecular flexibility index (Phi) is 5.11. The first kappa shape index (κ1) is 16.5. The molecule has 0 fully saturated rings. The molecule has 0 heterocycles. The zero-order valence-corrected chi connectivity index (χ0v) is 14.3. The Bertz CT molecular complexity index is 882. The summed E-state index contributed by atoms with van der Waals surface area (Å²) in [6.45, 7) is 0.658. The summed E-state index contributed by atoms with van der Waals surface area (Å²) in [6, 6.07) is 17.9. The highest BCUT2D eigenvalue weighted by Gasteiger charge is 2.10. The quantitative estimate of drug-likeness (QED) is 0.652. The largest absolute Gasteiger partial charge is 0.492 e. The van der Waals surface area contributed by atoms with Gasteiger partial charge in [-0.05, 0) is 57.0 Å². The second-order valence-electron chi connectivity index (χ2n) is 5.24. The second-order valence-corrected chi connectivity index (χ2v) is 6.09. The molecule has 3 aromatic carbocycles. The summed E-state index contributed by atoms with van der Waals surface area (Å²) in [5.74, 6) is -0.0471. The Labute approximate surface area is 147 Å². The number of hydrogen-bond donors (Lipinski definition) is 1. The zero-order valence-electron chi connectivity index (χ0n) is 12.8. The Morgan fingerprint density at radius 3 is 2.67 bits per heavy atom. The maximum absolute atomic E-state index is 13.2. The van der Waals surface area contributed by atoms with E-state index in [-0.39, 0.29) is 11.5 Å². The van der Waals surface area contributed by atoms with Gasteiger partial charge < -0.3 is 10.1 Å². The molecular formula is C19H15BrFNO2. The van der Waals surface area contributed by atoms with Crippen molar-refractivity contribution in [2.24, 2.45) is 0 Å². The predicted octanol–water partition coefficient (Wildman–Crippen LogP) is 4.55. The monoisotopic (exact) mass is 387 g/mol. The molecule has 0 unspecified atom stereocenters. The molecule has 3 nitrogen and oxygen atoms in total. The standard InChI is InChI=1S/C19H15BrFNO2/c20-18-8-6-15(21)12-17(18)19(23)22-9-10-24-16-7-5-13-3-1-2-4-14(13)11-16/h1-8,11-12H,9-10H2,(H,22,23). The molecule has 1 amide bonds. The van der Waals surface area contributed by atoms with Gasteiger partial charge in [0.05, 0.1) is 12.1 Å². The molecule has 0 radical (unpaired) electrons. The van der Waals surface area contributed by atoms with E-state index in [0.717, 1.165) is 16.5 Å². The van der Waals surface area contributed by atoms with Crippen molar-refractivity contribution in [3.8, 4) is 5.75 Å². The lowest BCUT2D eigenvalue weighted by molar-refractivity contribution is 0.0946. The topological polar surface area (TPSA) is 38.3 Å². The van der Waals surface area contributed by atoms with E-state index >= 15 is 0 Å². The average Bonchev–Trinajstić information content (AvgIpc) is 2.60. The van der Waals surface area contributed by atoms with Gasteiger partial charge in [-0.3, -0.25) is 4.79 Å². The van der Waals surface area contributed by atoms with Crippen LogP contribution >= 0.6 is 15.9 Å². The van der Waals surface area contributed by atoms with E-state index in [0.29, 0.717) is 17.6 Å². The molecule has 122 valence electrons. The van der Waals surface area contributed by atoms with Crippen molar-refractivity contribution in [3.05, 3.63) is 76.5 Å². The number of carbonyl (C=O) groups is 1. The summed E-state index contributed by atoms with van der Waals surface area (Å²) in [5, 5.41) is 4.96. The summed E-state index contributed by atoms with van der Waals surface area (Å²) < 4.78 is 19.4. The van der Waals surface area contributed by atoms with Crippen molar-refractivity contribution in [2.45, 2.75) is 0 Å². The molecule has 3 aromatic rings. The summed E-state index contributed by atoms with van der Waals surface area (Å²) in [5.41, 5.74) is 0.265. The smallest absolute Gasteiger partial charge is 0.252 e. The van der Waals surface area contributed by atoms with Crippen LogP contribution in [-0.4, -0.2) is 19.1 Å². The van der Waals surface area contributed by atoms with Crippen molar-refractivity contribution in [1.29, 1.82) is 0 Å². The van der Waals surface area contributed by atoms with E-state index in [4.69, 9.17) is 4.74 Å². The number of nitrogens with one attached hydrogen (secondary N) is 1. The maximum Gasteiger partial charge on any atom is 0.252 e. The van der Waals surface area contributed by atoms with Crippen LogP contribution in [0.3, 0.4) is 0 Å².